The molecule has 77 valence electrons. The van der Waals surface area contributed by atoms with Crippen LogP contribution in [0, 0.1) is 6.08 Å². The van der Waals surface area contributed by atoms with Crippen LogP contribution >= 0.6 is 0 Å². The third-order valence-electron chi connectivity index (χ3n) is 2.52. The number of nitrogens with zero attached hydrogens (tertiary/aromatic N) is 2. The summed E-state index contributed by atoms with van der Waals surface area (Å²) in [6, 6.07) is 0.133. The molecule has 2 rings (SSSR count). The fraction of sp³-hybridized carbons (Fsp3) is 0.700. The molecule has 0 atom stereocenters. The van der Waals surface area contributed by atoms with E-state index < -0.39 is 0 Å². The summed E-state index contributed by atoms with van der Waals surface area (Å²) < 4.78 is 5.20. The van der Waals surface area contributed by atoms with E-state index in [9.17, 15) is 4.79 Å². The van der Waals surface area contributed by atoms with E-state index >= 15 is 0 Å². The number of amides is 2. The predicted molar refractivity (Wildman–Crippen MR) is 51.8 cm³/mol. The van der Waals surface area contributed by atoms with Crippen molar-refractivity contribution in [3.63, 3.8) is 0 Å². The van der Waals surface area contributed by atoms with Gasteiger partial charge in [0.1, 0.15) is 0 Å². The Balaban J connectivity index is 1.89. The van der Waals surface area contributed by atoms with Crippen molar-refractivity contribution >= 4 is 6.03 Å². The van der Waals surface area contributed by atoms with E-state index in [1.54, 1.807) is 0 Å². The molecule has 0 aliphatic carbocycles. The zero-order valence-corrected chi connectivity index (χ0v) is 8.24. The Morgan fingerprint density at radius 1 is 1.21 bits per heavy atom. The lowest BCUT2D eigenvalue weighted by Gasteiger charge is -2.33. The molecule has 0 aromatic rings. The number of carbonyl (C=O) groups excluding carboxylic acids is 1. The van der Waals surface area contributed by atoms with Crippen LogP contribution in [0.5, 0.6) is 0 Å². The minimum absolute atomic E-state index is 0.133. The van der Waals surface area contributed by atoms with Gasteiger partial charge in [-0.2, -0.15) is 0 Å². The number of urea groups is 1. The summed E-state index contributed by atoms with van der Waals surface area (Å²) in [5.41, 5.74) is 0. The van der Waals surface area contributed by atoms with Gasteiger partial charge in [0.15, 0.2) is 0 Å². The van der Waals surface area contributed by atoms with Gasteiger partial charge >= 0.3 is 6.03 Å². The van der Waals surface area contributed by atoms with E-state index in [1.165, 1.54) is 0 Å². The quantitative estimate of drug-likeness (QED) is 0.564. The first kappa shape index (κ1) is 9.52. The van der Waals surface area contributed by atoms with Crippen LogP contribution in [0.4, 0.5) is 4.79 Å². The molecule has 14 heavy (non-hydrogen) atoms. The SMILES string of the molecule is O=C(N1C[C]=CCC1)N1CCOCC1. The monoisotopic (exact) mass is 195 g/mol. The topological polar surface area (TPSA) is 32.8 Å². The van der Waals surface area contributed by atoms with Crippen LogP contribution in [0.3, 0.4) is 0 Å². The van der Waals surface area contributed by atoms with Crippen LogP contribution in [0.2, 0.25) is 0 Å². The van der Waals surface area contributed by atoms with Crippen molar-refractivity contribution < 1.29 is 9.53 Å². The van der Waals surface area contributed by atoms with Crippen molar-refractivity contribution in [3.05, 3.63) is 12.2 Å². The summed E-state index contributed by atoms with van der Waals surface area (Å²) in [5.74, 6) is 0. The molecule has 2 amide bonds. The summed E-state index contributed by atoms with van der Waals surface area (Å²) in [5, 5.41) is 0. The fourth-order valence-corrected chi connectivity index (χ4v) is 1.69. The average molecular weight is 195 g/mol. The van der Waals surface area contributed by atoms with Gasteiger partial charge in [-0.15, -0.1) is 0 Å². The molecule has 1 radical (unpaired) electrons. The minimum Gasteiger partial charge on any atom is -0.378 e. The summed E-state index contributed by atoms with van der Waals surface area (Å²) in [6.45, 7) is 4.23. The van der Waals surface area contributed by atoms with Crippen molar-refractivity contribution in [2.45, 2.75) is 6.42 Å². The van der Waals surface area contributed by atoms with Crippen LogP contribution in [-0.4, -0.2) is 55.2 Å². The van der Waals surface area contributed by atoms with Gasteiger partial charge in [0, 0.05) is 26.2 Å². The van der Waals surface area contributed by atoms with Crippen molar-refractivity contribution in [3.8, 4) is 0 Å². The number of rotatable bonds is 0. The largest absolute Gasteiger partial charge is 0.378 e. The highest BCUT2D eigenvalue weighted by Crippen LogP contribution is 2.07. The summed E-state index contributed by atoms with van der Waals surface area (Å²) in [7, 11) is 0. The lowest BCUT2D eigenvalue weighted by atomic mass is 10.2. The smallest absolute Gasteiger partial charge is 0.320 e. The summed E-state index contributed by atoms with van der Waals surface area (Å²) >= 11 is 0. The zero-order chi connectivity index (χ0) is 9.80. The van der Waals surface area contributed by atoms with Crippen LogP contribution in [0.1, 0.15) is 6.42 Å². The average Bonchev–Trinajstić information content (AvgIpc) is 2.30. The number of hydrogen-bond donors (Lipinski definition) is 0. The van der Waals surface area contributed by atoms with Gasteiger partial charge in [-0.05, 0) is 12.5 Å². The van der Waals surface area contributed by atoms with E-state index in [0.29, 0.717) is 19.8 Å². The third kappa shape index (κ3) is 2.07. The second-order valence-corrected chi connectivity index (χ2v) is 3.50. The third-order valence-corrected chi connectivity index (χ3v) is 2.52. The van der Waals surface area contributed by atoms with E-state index in [-0.39, 0.29) is 6.03 Å². The van der Waals surface area contributed by atoms with Gasteiger partial charge in [-0.1, -0.05) is 6.08 Å². The molecule has 0 spiro atoms. The summed E-state index contributed by atoms with van der Waals surface area (Å²) in [6.07, 6.45) is 6.01. The Kier molecular flexibility index (Phi) is 3.03. The fourth-order valence-electron chi connectivity index (χ4n) is 1.69. The number of hydrogen-bond acceptors (Lipinski definition) is 2. The molecule has 0 bridgehead atoms. The Hall–Kier alpha value is -1.03. The maximum Gasteiger partial charge on any atom is 0.320 e. The molecule has 4 nitrogen and oxygen atoms in total. The maximum absolute atomic E-state index is 11.9. The molecule has 2 aliphatic rings. The Bertz CT molecular complexity index is 234. The highest BCUT2D eigenvalue weighted by molar-refractivity contribution is 5.74. The minimum atomic E-state index is 0.133. The molecule has 4 heteroatoms. The van der Waals surface area contributed by atoms with Crippen LogP contribution in [0.25, 0.3) is 0 Å². The Morgan fingerprint density at radius 3 is 2.64 bits per heavy atom. The molecule has 2 aliphatic heterocycles. The number of ether oxygens (including phenoxy) is 1. The van der Waals surface area contributed by atoms with E-state index in [2.05, 4.69) is 6.08 Å². The Labute approximate surface area is 84.1 Å². The molecule has 1 saturated heterocycles. The normalized spacial score (nSPS) is 22.6. The standard InChI is InChI=1S/C10H15N2O2/c13-10(11-4-2-1-3-5-11)12-6-8-14-9-7-12/h1H,2,4-9H2. The second-order valence-electron chi connectivity index (χ2n) is 3.50. The lowest BCUT2D eigenvalue weighted by Crippen LogP contribution is -2.49. The molecular formula is C10H15N2O2. The molecule has 0 N–H and O–H groups in total. The summed E-state index contributed by atoms with van der Waals surface area (Å²) in [4.78, 5) is 15.6. The predicted octanol–water partition coefficient (Wildman–Crippen LogP) is 0.504. The van der Waals surface area contributed by atoms with Crippen molar-refractivity contribution in [1.29, 1.82) is 0 Å². The molecule has 0 unspecified atom stereocenters. The first-order valence-corrected chi connectivity index (χ1v) is 5.04. The molecular weight excluding hydrogens is 180 g/mol. The van der Waals surface area contributed by atoms with E-state index in [4.69, 9.17) is 4.74 Å². The van der Waals surface area contributed by atoms with Crippen molar-refractivity contribution in [2.24, 2.45) is 0 Å². The first-order valence-electron chi connectivity index (χ1n) is 5.04. The first-order chi connectivity index (χ1) is 6.88. The molecule has 1 fully saturated rings. The van der Waals surface area contributed by atoms with Gasteiger partial charge in [0.25, 0.3) is 0 Å². The van der Waals surface area contributed by atoms with Crippen LogP contribution in [-0.2, 0) is 4.74 Å². The van der Waals surface area contributed by atoms with Crippen LogP contribution in [0.15, 0.2) is 6.08 Å². The zero-order valence-electron chi connectivity index (χ0n) is 8.24. The molecule has 0 saturated carbocycles. The highest BCUT2D eigenvalue weighted by atomic mass is 16.5. The Morgan fingerprint density at radius 2 is 2.00 bits per heavy atom. The van der Waals surface area contributed by atoms with Crippen LogP contribution < -0.4 is 0 Å². The van der Waals surface area contributed by atoms with Gasteiger partial charge in [-0.3, -0.25) is 0 Å². The highest BCUT2D eigenvalue weighted by Gasteiger charge is 2.22. The molecule has 0 aromatic carbocycles. The lowest BCUT2D eigenvalue weighted by molar-refractivity contribution is 0.0439. The molecule has 2 heterocycles. The maximum atomic E-state index is 11.9. The van der Waals surface area contributed by atoms with E-state index in [1.807, 2.05) is 15.9 Å². The van der Waals surface area contributed by atoms with Gasteiger partial charge in [0.05, 0.1) is 13.2 Å². The van der Waals surface area contributed by atoms with Gasteiger partial charge in [-0.25, -0.2) is 4.79 Å². The van der Waals surface area contributed by atoms with Gasteiger partial charge < -0.3 is 14.5 Å². The number of carbonyl (C=O) groups is 1. The second kappa shape index (κ2) is 4.46. The van der Waals surface area contributed by atoms with Gasteiger partial charge in [0.2, 0.25) is 0 Å². The number of morpholine rings is 1. The van der Waals surface area contributed by atoms with E-state index in [0.717, 1.165) is 26.1 Å². The molecule has 0 aromatic heterocycles. The van der Waals surface area contributed by atoms with Crippen molar-refractivity contribution in [1.82, 2.24) is 9.80 Å². The van der Waals surface area contributed by atoms with Crippen molar-refractivity contribution in [2.75, 3.05) is 39.4 Å².